The molecule has 24 heavy (non-hydrogen) atoms. The monoisotopic (exact) mass is 334 g/mol. The van der Waals surface area contributed by atoms with Crippen LogP contribution in [-0.2, 0) is 4.79 Å². The molecule has 130 valence electrons. The molecule has 1 aromatic carbocycles. The summed E-state index contributed by atoms with van der Waals surface area (Å²) in [6.45, 7) is 1.54. The van der Waals surface area contributed by atoms with Gasteiger partial charge in [-0.25, -0.2) is 4.79 Å². The van der Waals surface area contributed by atoms with Crippen molar-refractivity contribution in [2.75, 3.05) is 11.9 Å². The zero-order valence-corrected chi connectivity index (χ0v) is 13.6. The Morgan fingerprint density at radius 3 is 2.62 bits per heavy atom. The Morgan fingerprint density at radius 1 is 1.25 bits per heavy atom. The molecule has 0 radical (unpaired) electrons. The van der Waals surface area contributed by atoms with Crippen molar-refractivity contribution in [3.8, 4) is 0 Å². The van der Waals surface area contributed by atoms with Crippen molar-refractivity contribution in [3.05, 3.63) is 33.9 Å². The summed E-state index contributed by atoms with van der Waals surface area (Å²) < 4.78 is 0. The van der Waals surface area contributed by atoms with Crippen LogP contribution in [0.25, 0.3) is 0 Å². The number of nitrogens with zero attached hydrogens (tertiary/aromatic N) is 1. The number of aryl methyl sites for hydroxylation is 1. The molecule has 2 rings (SSSR count). The smallest absolute Gasteiger partial charge is 0.315 e. The summed E-state index contributed by atoms with van der Waals surface area (Å²) in [7, 11) is 0. The number of anilines is 1. The topological polar surface area (TPSA) is 113 Å². The number of nitrogens with one attached hydrogen (secondary N) is 3. The molecule has 0 saturated heterocycles. The highest BCUT2D eigenvalue weighted by molar-refractivity contribution is 5.95. The largest absolute Gasteiger partial charge is 0.335 e. The summed E-state index contributed by atoms with van der Waals surface area (Å²) in [5, 5.41) is 18.7. The number of non-ortho nitro benzene ring substituents is 1. The van der Waals surface area contributed by atoms with Crippen molar-refractivity contribution in [1.29, 1.82) is 0 Å². The van der Waals surface area contributed by atoms with Gasteiger partial charge in [-0.3, -0.25) is 14.9 Å². The zero-order chi connectivity index (χ0) is 17.5. The Kier molecular flexibility index (Phi) is 6.11. The maximum absolute atomic E-state index is 11.9. The Balaban J connectivity index is 1.81. The van der Waals surface area contributed by atoms with Crippen LogP contribution in [0.5, 0.6) is 0 Å². The highest BCUT2D eigenvalue weighted by Gasteiger charge is 2.16. The summed E-state index contributed by atoms with van der Waals surface area (Å²) in [4.78, 5) is 34.0. The molecule has 3 N–H and O–H groups in total. The second-order valence-corrected chi connectivity index (χ2v) is 5.97. The first-order valence-electron chi connectivity index (χ1n) is 8.05. The van der Waals surface area contributed by atoms with Crippen LogP contribution in [0.4, 0.5) is 16.2 Å². The highest BCUT2D eigenvalue weighted by atomic mass is 16.6. The van der Waals surface area contributed by atoms with Gasteiger partial charge in [-0.15, -0.1) is 0 Å². The van der Waals surface area contributed by atoms with Crippen LogP contribution >= 0.6 is 0 Å². The maximum Gasteiger partial charge on any atom is 0.315 e. The lowest BCUT2D eigenvalue weighted by Gasteiger charge is -2.22. The van der Waals surface area contributed by atoms with Gasteiger partial charge in [0.15, 0.2) is 0 Å². The number of nitro groups is 1. The molecule has 1 aliphatic carbocycles. The fraction of sp³-hybridized carbons (Fsp3) is 0.500. The number of hydrogen-bond donors (Lipinski definition) is 3. The molecule has 3 amide bonds. The number of benzene rings is 1. The van der Waals surface area contributed by atoms with Gasteiger partial charge in [0.25, 0.3) is 5.69 Å². The minimum absolute atomic E-state index is 0.0982. The third kappa shape index (κ3) is 5.22. The number of rotatable bonds is 5. The number of carbonyl (C=O) groups is 2. The second-order valence-electron chi connectivity index (χ2n) is 5.97. The predicted octanol–water partition coefficient (Wildman–Crippen LogP) is 2.47. The van der Waals surface area contributed by atoms with E-state index >= 15 is 0 Å². The van der Waals surface area contributed by atoms with E-state index in [0.717, 1.165) is 25.7 Å². The zero-order valence-electron chi connectivity index (χ0n) is 13.6. The summed E-state index contributed by atoms with van der Waals surface area (Å²) in [6, 6.07) is 4.04. The lowest BCUT2D eigenvalue weighted by molar-refractivity contribution is -0.384. The van der Waals surface area contributed by atoms with Crippen molar-refractivity contribution in [3.63, 3.8) is 0 Å². The lowest BCUT2D eigenvalue weighted by Crippen LogP contribution is -2.45. The fourth-order valence-electron chi connectivity index (χ4n) is 2.70. The Hall–Kier alpha value is -2.64. The van der Waals surface area contributed by atoms with E-state index in [-0.39, 0.29) is 24.3 Å². The van der Waals surface area contributed by atoms with Gasteiger partial charge in [-0.1, -0.05) is 25.3 Å². The summed E-state index contributed by atoms with van der Waals surface area (Å²) >= 11 is 0. The van der Waals surface area contributed by atoms with E-state index < -0.39 is 10.8 Å². The first kappa shape index (κ1) is 17.7. The summed E-state index contributed by atoms with van der Waals surface area (Å²) in [5.41, 5.74) is 0.975. The van der Waals surface area contributed by atoms with Gasteiger partial charge in [0, 0.05) is 18.2 Å². The van der Waals surface area contributed by atoms with E-state index in [2.05, 4.69) is 16.0 Å². The standard InChI is InChI=1S/C16H22N4O4/c1-11-7-8-13(20(23)24)9-14(11)19-15(21)10-17-16(22)18-12-5-3-2-4-6-12/h7-9,12H,2-6,10H2,1H3,(H,19,21)(H2,17,18,22). The molecule has 1 aromatic rings. The molecular weight excluding hydrogens is 312 g/mol. The molecule has 1 saturated carbocycles. The molecule has 1 aliphatic rings. The van der Waals surface area contributed by atoms with Gasteiger partial charge in [-0.05, 0) is 25.3 Å². The quantitative estimate of drug-likeness (QED) is 0.567. The van der Waals surface area contributed by atoms with Crippen molar-refractivity contribution in [2.45, 2.75) is 45.1 Å². The SMILES string of the molecule is Cc1ccc([N+](=O)[O-])cc1NC(=O)CNC(=O)NC1CCCCC1. The van der Waals surface area contributed by atoms with Gasteiger partial charge < -0.3 is 16.0 Å². The average Bonchev–Trinajstić information content (AvgIpc) is 2.56. The molecule has 8 nitrogen and oxygen atoms in total. The second kappa shape index (κ2) is 8.28. The maximum atomic E-state index is 11.9. The molecule has 0 heterocycles. The van der Waals surface area contributed by atoms with Crippen LogP contribution in [0.3, 0.4) is 0 Å². The molecular formula is C16H22N4O4. The number of hydrogen-bond acceptors (Lipinski definition) is 4. The van der Waals surface area contributed by atoms with Gasteiger partial charge in [0.1, 0.15) is 0 Å². The van der Waals surface area contributed by atoms with Crippen molar-refractivity contribution in [2.24, 2.45) is 0 Å². The Bertz CT molecular complexity index is 627. The fourth-order valence-corrected chi connectivity index (χ4v) is 2.70. The first-order valence-corrected chi connectivity index (χ1v) is 8.05. The van der Waals surface area contributed by atoms with Crippen LogP contribution < -0.4 is 16.0 Å². The number of carbonyl (C=O) groups excluding carboxylic acids is 2. The van der Waals surface area contributed by atoms with Crippen molar-refractivity contribution in [1.82, 2.24) is 10.6 Å². The predicted molar refractivity (Wildman–Crippen MR) is 89.9 cm³/mol. The average molecular weight is 334 g/mol. The van der Waals surface area contributed by atoms with E-state index in [9.17, 15) is 19.7 Å². The normalized spacial score (nSPS) is 14.7. The molecule has 1 fully saturated rings. The minimum atomic E-state index is -0.523. The third-order valence-corrected chi connectivity index (χ3v) is 4.06. The van der Waals surface area contributed by atoms with E-state index in [1.54, 1.807) is 13.0 Å². The minimum Gasteiger partial charge on any atom is -0.335 e. The van der Waals surface area contributed by atoms with E-state index in [4.69, 9.17) is 0 Å². The third-order valence-electron chi connectivity index (χ3n) is 4.06. The number of urea groups is 1. The van der Waals surface area contributed by atoms with Gasteiger partial charge in [0.2, 0.25) is 5.91 Å². The van der Waals surface area contributed by atoms with Crippen LogP contribution in [0, 0.1) is 17.0 Å². The van der Waals surface area contributed by atoms with E-state index in [0.29, 0.717) is 11.3 Å². The van der Waals surface area contributed by atoms with Gasteiger partial charge >= 0.3 is 6.03 Å². The Morgan fingerprint density at radius 2 is 1.96 bits per heavy atom. The van der Waals surface area contributed by atoms with Gasteiger partial charge in [0.05, 0.1) is 17.2 Å². The summed E-state index contributed by atoms with van der Waals surface area (Å²) in [5.74, 6) is -0.433. The van der Waals surface area contributed by atoms with Crippen LogP contribution in [0.2, 0.25) is 0 Å². The van der Waals surface area contributed by atoms with Crippen molar-refractivity contribution >= 4 is 23.3 Å². The van der Waals surface area contributed by atoms with Crippen molar-refractivity contribution < 1.29 is 14.5 Å². The highest BCUT2D eigenvalue weighted by Crippen LogP contribution is 2.21. The summed E-state index contributed by atoms with van der Waals surface area (Å²) in [6.07, 6.45) is 5.35. The molecule has 0 aromatic heterocycles. The number of amides is 3. The molecule has 0 unspecified atom stereocenters. The van der Waals surface area contributed by atoms with Crippen LogP contribution in [0.1, 0.15) is 37.7 Å². The molecule has 0 bridgehead atoms. The lowest BCUT2D eigenvalue weighted by atomic mass is 9.96. The molecule has 0 atom stereocenters. The molecule has 0 aliphatic heterocycles. The number of nitro benzene ring substituents is 1. The Labute approximate surface area is 140 Å². The molecule has 8 heteroatoms. The van der Waals surface area contributed by atoms with Crippen LogP contribution in [-0.4, -0.2) is 29.4 Å². The van der Waals surface area contributed by atoms with Crippen LogP contribution in [0.15, 0.2) is 18.2 Å². The van der Waals surface area contributed by atoms with Gasteiger partial charge in [-0.2, -0.15) is 0 Å². The van der Waals surface area contributed by atoms with E-state index in [1.165, 1.54) is 18.6 Å². The first-order chi connectivity index (χ1) is 11.5. The molecule has 0 spiro atoms. The van der Waals surface area contributed by atoms with E-state index in [1.807, 2.05) is 0 Å².